The number of nitrogens with one attached hydrogen (secondary N) is 2. The SMILES string of the molecule is CC(C)c1cc(Oc2c(Cl)cc(C/C(=N/N)NN)cc2Cl)n[nH]c1=O. The quantitative estimate of drug-likeness (QED) is 0.270. The van der Waals surface area contributed by atoms with Crippen molar-refractivity contribution in [3.8, 4) is 11.6 Å². The van der Waals surface area contributed by atoms with E-state index in [2.05, 4.69) is 20.7 Å². The molecule has 2 aromatic rings. The topological polar surface area (TPSA) is 131 Å². The summed E-state index contributed by atoms with van der Waals surface area (Å²) in [6, 6.07) is 4.86. The highest BCUT2D eigenvalue weighted by atomic mass is 35.5. The highest BCUT2D eigenvalue weighted by Gasteiger charge is 2.15. The van der Waals surface area contributed by atoms with Crippen LogP contribution in [0.15, 0.2) is 28.1 Å². The molecule has 2 rings (SSSR count). The molecule has 8 nitrogen and oxygen atoms in total. The summed E-state index contributed by atoms with van der Waals surface area (Å²) in [7, 11) is 0. The van der Waals surface area contributed by atoms with Crippen LogP contribution in [0.3, 0.4) is 0 Å². The van der Waals surface area contributed by atoms with Gasteiger partial charge >= 0.3 is 0 Å². The normalized spacial score (nSPS) is 11.7. The zero-order valence-corrected chi connectivity index (χ0v) is 15.1. The Morgan fingerprint density at radius 3 is 2.52 bits per heavy atom. The van der Waals surface area contributed by atoms with E-state index in [1.54, 1.807) is 18.2 Å². The molecule has 0 aliphatic carbocycles. The lowest BCUT2D eigenvalue weighted by molar-refractivity contribution is 0.452. The fraction of sp³-hybridized carbons (Fsp3) is 0.267. The van der Waals surface area contributed by atoms with Gasteiger partial charge in [0.1, 0.15) is 5.84 Å². The van der Waals surface area contributed by atoms with Crippen LogP contribution in [0.4, 0.5) is 0 Å². The predicted molar refractivity (Wildman–Crippen MR) is 98.1 cm³/mol. The Kier molecular flexibility index (Phi) is 6.24. The Hall–Kier alpha value is -2.29. The molecule has 0 saturated heterocycles. The van der Waals surface area contributed by atoms with Crippen LogP contribution in [0.1, 0.15) is 30.9 Å². The molecular formula is C15H18Cl2N6O2. The van der Waals surface area contributed by atoms with Crippen molar-refractivity contribution >= 4 is 29.0 Å². The van der Waals surface area contributed by atoms with Gasteiger partial charge in [-0.15, -0.1) is 5.10 Å². The number of aromatic nitrogens is 2. The molecule has 6 N–H and O–H groups in total. The van der Waals surface area contributed by atoms with Crippen LogP contribution >= 0.6 is 23.2 Å². The van der Waals surface area contributed by atoms with E-state index in [1.807, 2.05) is 13.8 Å². The molecule has 0 amide bonds. The number of ether oxygens (including phenoxy) is 1. The smallest absolute Gasteiger partial charge is 0.267 e. The van der Waals surface area contributed by atoms with Gasteiger partial charge in [-0.3, -0.25) is 4.79 Å². The number of benzene rings is 1. The van der Waals surface area contributed by atoms with Crippen molar-refractivity contribution in [2.45, 2.75) is 26.2 Å². The van der Waals surface area contributed by atoms with Gasteiger partial charge in [-0.2, -0.15) is 5.10 Å². The van der Waals surface area contributed by atoms with E-state index in [-0.39, 0.29) is 33.2 Å². The van der Waals surface area contributed by atoms with Crippen molar-refractivity contribution in [1.82, 2.24) is 15.6 Å². The maximum Gasteiger partial charge on any atom is 0.267 e. The van der Waals surface area contributed by atoms with Crippen molar-refractivity contribution in [3.63, 3.8) is 0 Å². The van der Waals surface area contributed by atoms with Gasteiger partial charge in [0, 0.05) is 18.1 Å². The predicted octanol–water partition coefficient (Wildman–Crippen LogP) is 2.27. The largest absolute Gasteiger partial charge is 0.434 e. The first kappa shape index (κ1) is 19.0. The Balaban J connectivity index is 2.32. The zero-order chi connectivity index (χ0) is 18.6. The molecule has 0 radical (unpaired) electrons. The summed E-state index contributed by atoms with van der Waals surface area (Å²) in [4.78, 5) is 11.7. The zero-order valence-electron chi connectivity index (χ0n) is 13.6. The number of nitrogens with zero attached hydrogens (tertiary/aromatic N) is 2. The molecule has 134 valence electrons. The van der Waals surface area contributed by atoms with Crippen molar-refractivity contribution in [3.05, 3.63) is 49.7 Å². The summed E-state index contributed by atoms with van der Waals surface area (Å²) in [5.41, 5.74) is 3.40. The molecule has 1 heterocycles. The van der Waals surface area contributed by atoms with E-state index in [1.165, 1.54) is 0 Å². The molecular weight excluding hydrogens is 367 g/mol. The van der Waals surface area contributed by atoms with E-state index in [0.29, 0.717) is 17.8 Å². The molecule has 0 spiro atoms. The molecule has 0 aliphatic heterocycles. The first-order chi connectivity index (χ1) is 11.8. The van der Waals surface area contributed by atoms with Crippen LogP contribution in [0.25, 0.3) is 0 Å². The minimum atomic E-state index is -0.266. The summed E-state index contributed by atoms with van der Waals surface area (Å²) < 4.78 is 5.66. The average Bonchev–Trinajstić information content (AvgIpc) is 2.57. The van der Waals surface area contributed by atoms with Gasteiger partial charge in [0.05, 0.1) is 10.0 Å². The van der Waals surface area contributed by atoms with Gasteiger partial charge in [0.2, 0.25) is 5.88 Å². The summed E-state index contributed by atoms with van der Waals surface area (Å²) in [5.74, 6) is 11.3. The van der Waals surface area contributed by atoms with Crippen LogP contribution in [-0.2, 0) is 6.42 Å². The number of hydrazone groups is 1. The number of amidine groups is 1. The fourth-order valence-electron chi connectivity index (χ4n) is 2.13. The summed E-state index contributed by atoms with van der Waals surface area (Å²) in [6.45, 7) is 3.79. The number of nitrogens with two attached hydrogens (primary N) is 2. The molecule has 1 aromatic heterocycles. The molecule has 0 aliphatic rings. The van der Waals surface area contributed by atoms with Crippen LogP contribution in [0, 0.1) is 0 Å². The first-order valence-electron chi connectivity index (χ1n) is 7.34. The maximum atomic E-state index is 11.7. The van der Waals surface area contributed by atoms with Gasteiger partial charge in [-0.1, -0.05) is 37.0 Å². The van der Waals surface area contributed by atoms with Crippen molar-refractivity contribution in [2.24, 2.45) is 16.8 Å². The Labute approximate surface area is 154 Å². The van der Waals surface area contributed by atoms with Crippen LogP contribution < -0.4 is 27.4 Å². The third-order valence-corrected chi connectivity index (χ3v) is 3.95. The van der Waals surface area contributed by atoms with Gasteiger partial charge in [-0.05, 0) is 23.6 Å². The molecule has 0 atom stereocenters. The van der Waals surface area contributed by atoms with E-state index in [0.717, 1.165) is 5.56 Å². The van der Waals surface area contributed by atoms with Crippen molar-refractivity contribution in [1.29, 1.82) is 0 Å². The highest BCUT2D eigenvalue weighted by molar-refractivity contribution is 6.37. The lowest BCUT2D eigenvalue weighted by Gasteiger charge is -2.12. The number of aromatic amines is 1. The van der Waals surface area contributed by atoms with Crippen LogP contribution in [0.2, 0.25) is 10.0 Å². The molecule has 0 saturated carbocycles. The third kappa shape index (κ3) is 4.62. The molecule has 1 aromatic carbocycles. The molecule has 0 unspecified atom stereocenters. The molecule has 10 heteroatoms. The minimum Gasteiger partial charge on any atom is -0.434 e. The number of halogens is 2. The average molecular weight is 385 g/mol. The summed E-state index contributed by atoms with van der Waals surface area (Å²) in [5, 5.41) is 10.3. The van der Waals surface area contributed by atoms with Crippen molar-refractivity contribution < 1.29 is 4.74 Å². The van der Waals surface area contributed by atoms with Crippen molar-refractivity contribution in [2.75, 3.05) is 0 Å². The fourth-order valence-corrected chi connectivity index (χ4v) is 2.74. The van der Waals surface area contributed by atoms with E-state index < -0.39 is 0 Å². The number of hydrogen-bond donors (Lipinski definition) is 4. The van der Waals surface area contributed by atoms with Gasteiger partial charge in [0.15, 0.2) is 5.75 Å². The number of H-pyrrole nitrogens is 1. The number of rotatable bonds is 5. The second kappa shape index (κ2) is 8.19. The van der Waals surface area contributed by atoms with E-state index in [9.17, 15) is 4.79 Å². The minimum absolute atomic E-state index is 0.0140. The Morgan fingerprint density at radius 2 is 2.00 bits per heavy atom. The lowest BCUT2D eigenvalue weighted by Crippen LogP contribution is -2.32. The second-order valence-corrected chi connectivity index (χ2v) is 6.35. The van der Waals surface area contributed by atoms with Gasteiger partial charge < -0.3 is 16.0 Å². The monoisotopic (exact) mass is 384 g/mol. The molecule has 0 bridgehead atoms. The van der Waals surface area contributed by atoms with E-state index in [4.69, 9.17) is 39.6 Å². The Bertz CT molecular complexity index is 827. The standard InChI is InChI=1S/C15H18Cl2N6O2/c1-7(2)9-6-13(22-23-15(9)24)25-14-10(16)3-8(4-11(14)17)5-12(20-18)21-19/h3-4,6-7H,5,18-19H2,1-2H3,(H,20,21)(H,23,24). The summed E-state index contributed by atoms with van der Waals surface area (Å²) in [6.07, 6.45) is 0.321. The van der Waals surface area contributed by atoms with Gasteiger partial charge in [-0.25, -0.2) is 10.9 Å². The number of hydrazine groups is 1. The van der Waals surface area contributed by atoms with Crippen LogP contribution in [0.5, 0.6) is 11.6 Å². The maximum absolute atomic E-state index is 11.7. The lowest BCUT2D eigenvalue weighted by atomic mass is 10.1. The molecule has 0 fully saturated rings. The summed E-state index contributed by atoms with van der Waals surface area (Å²) >= 11 is 12.5. The second-order valence-electron chi connectivity index (χ2n) is 5.53. The van der Waals surface area contributed by atoms with E-state index >= 15 is 0 Å². The molecule has 25 heavy (non-hydrogen) atoms. The highest BCUT2D eigenvalue weighted by Crippen LogP contribution is 2.37. The first-order valence-corrected chi connectivity index (χ1v) is 8.10. The van der Waals surface area contributed by atoms with Crippen LogP contribution in [-0.4, -0.2) is 16.0 Å². The number of hydrogen-bond acceptors (Lipinski definition) is 6. The third-order valence-electron chi connectivity index (χ3n) is 3.39. The van der Waals surface area contributed by atoms with Gasteiger partial charge in [0.25, 0.3) is 5.56 Å². The Morgan fingerprint density at radius 1 is 1.36 bits per heavy atom.